The molecule has 1 aromatic rings. The second-order valence-corrected chi connectivity index (χ2v) is 6.92. The summed E-state index contributed by atoms with van der Waals surface area (Å²) in [6.45, 7) is 9.37. The molecule has 1 fully saturated rings. The predicted molar refractivity (Wildman–Crippen MR) is 112 cm³/mol. The van der Waals surface area contributed by atoms with Gasteiger partial charge in [0.15, 0.2) is 5.96 Å². The average Bonchev–Trinajstić information content (AvgIpc) is 3.14. The van der Waals surface area contributed by atoms with Gasteiger partial charge in [0.1, 0.15) is 0 Å². The van der Waals surface area contributed by atoms with E-state index in [0.717, 1.165) is 37.7 Å². The molecule has 2 rings (SSSR count). The molecular formula is C18H34IN5. The van der Waals surface area contributed by atoms with E-state index in [0.29, 0.717) is 5.41 Å². The van der Waals surface area contributed by atoms with Crippen LogP contribution in [0.3, 0.4) is 0 Å². The van der Waals surface area contributed by atoms with Gasteiger partial charge in [-0.05, 0) is 51.0 Å². The van der Waals surface area contributed by atoms with Gasteiger partial charge in [0.25, 0.3) is 0 Å². The van der Waals surface area contributed by atoms with Gasteiger partial charge in [-0.15, -0.1) is 24.0 Å². The predicted octanol–water partition coefficient (Wildman–Crippen LogP) is 3.64. The molecule has 1 aromatic heterocycles. The molecule has 0 bridgehead atoms. The average molecular weight is 447 g/mol. The lowest BCUT2D eigenvalue weighted by molar-refractivity contribution is 0.283. The number of halogens is 1. The first-order chi connectivity index (χ1) is 11.1. The summed E-state index contributed by atoms with van der Waals surface area (Å²) in [6.07, 6.45) is 7.77. The summed E-state index contributed by atoms with van der Waals surface area (Å²) in [5.41, 5.74) is 2.81. The normalized spacial score (nSPS) is 16.8. The van der Waals surface area contributed by atoms with Crippen LogP contribution in [0.25, 0.3) is 0 Å². The largest absolute Gasteiger partial charge is 0.356 e. The zero-order valence-corrected chi connectivity index (χ0v) is 18.0. The summed E-state index contributed by atoms with van der Waals surface area (Å²) in [4.78, 5) is 4.35. The van der Waals surface area contributed by atoms with E-state index in [1.54, 1.807) is 0 Å². The van der Waals surface area contributed by atoms with Gasteiger partial charge < -0.3 is 10.6 Å². The van der Waals surface area contributed by atoms with Gasteiger partial charge in [-0.25, -0.2) is 0 Å². The number of hydrogen-bond donors (Lipinski definition) is 2. The first kappa shape index (κ1) is 21.3. The highest BCUT2D eigenvalue weighted by atomic mass is 127. The summed E-state index contributed by atoms with van der Waals surface area (Å²) in [7, 11) is 1.85. The van der Waals surface area contributed by atoms with Crippen molar-refractivity contribution in [3.05, 3.63) is 17.5 Å². The van der Waals surface area contributed by atoms with Crippen LogP contribution in [0.5, 0.6) is 0 Å². The van der Waals surface area contributed by atoms with Crippen LogP contribution < -0.4 is 10.6 Å². The molecule has 24 heavy (non-hydrogen) atoms. The highest BCUT2D eigenvalue weighted by Gasteiger charge is 2.31. The highest BCUT2D eigenvalue weighted by Crippen LogP contribution is 2.40. The van der Waals surface area contributed by atoms with Gasteiger partial charge in [-0.1, -0.05) is 19.8 Å². The number of guanidine groups is 1. The molecule has 1 aliphatic rings. The van der Waals surface area contributed by atoms with E-state index in [4.69, 9.17) is 0 Å². The Kier molecular flexibility index (Phi) is 9.08. The van der Waals surface area contributed by atoms with Crippen LogP contribution >= 0.6 is 24.0 Å². The van der Waals surface area contributed by atoms with Gasteiger partial charge in [0.05, 0.1) is 5.69 Å². The maximum Gasteiger partial charge on any atom is 0.190 e. The summed E-state index contributed by atoms with van der Waals surface area (Å²) in [5, 5.41) is 11.5. The number of aryl methyl sites for hydroxylation is 3. The number of nitrogens with one attached hydrogen (secondary N) is 2. The molecule has 0 atom stereocenters. The topological polar surface area (TPSA) is 54.2 Å². The van der Waals surface area contributed by atoms with Gasteiger partial charge in [-0.3, -0.25) is 9.67 Å². The Hall–Kier alpha value is -0.790. The molecule has 1 saturated carbocycles. The Morgan fingerprint density at radius 2 is 2.00 bits per heavy atom. The third-order valence-corrected chi connectivity index (χ3v) is 5.21. The Balaban J connectivity index is 0.00000288. The van der Waals surface area contributed by atoms with Crippen molar-refractivity contribution in [1.29, 1.82) is 0 Å². The van der Waals surface area contributed by atoms with Gasteiger partial charge >= 0.3 is 0 Å². The minimum Gasteiger partial charge on any atom is -0.356 e. The second kappa shape index (κ2) is 10.3. The van der Waals surface area contributed by atoms with Gasteiger partial charge in [0, 0.05) is 32.4 Å². The van der Waals surface area contributed by atoms with Gasteiger partial charge in [0.2, 0.25) is 0 Å². The van der Waals surface area contributed by atoms with Crippen molar-refractivity contribution in [2.45, 2.75) is 65.8 Å². The Bertz CT molecular complexity index is 517. The van der Waals surface area contributed by atoms with Crippen LogP contribution in [0.2, 0.25) is 0 Å². The number of rotatable bonds is 7. The molecule has 0 saturated heterocycles. The molecular weight excluding hydrogens is 413 g/mol. The zero-order chi connectivity index (χ0) is 16.7. The number of hydrogen-bond acceptors (Lipinski definition) is 2. The maximum absolute atomic E-state index is 4.50. The lowest BCUT2D eigenvalue weighted by Crippen LogP contribution is -2.43. The molecule has 0 spiro atoms. The fraction of sp³-hybridized carbons (Fsp3) is 0.778. The van der Waals surface area contributed by atoms with Crippen LogP contribution in [-0.2, 0) is 6.54 Å². The van der Waals surface area contributed by atoms with Crippen LogP contribution in [0.4, 0.5) is 0 Å². The zero-order valence-electron chi connectivity index (χ0n) is 15.7. The fourth-order valence-corrected chi connectivity index (χ4v) is 3.61. The van der Waals surface area contributed by atoms with Crippen molar-refractivity contribution in [2.24, 2.45) is 10.4 Å². The van der Waals surface area contributed by atoms with Crippen molar-refractivity contribution < 1.29 is 0 Å². The summed E-state index contributed by atoms with van der Waals surface area (Å²) < 4.78 is 2.08. The molecule has 0 aromatic carbocycles. The molecule has 0 radical (unpaired) electrons. The minimum atomic E-state index is 0. The van der Waals surface area contributed by atoms with Crippen molar-refractivity contribution in [1.82, 2.24) is 20.4 Å². The Morgan fingerprint density at radius 3 is 2.54 bits per heavy atom. The first-order valence-electron chi connectivity index (χ1n) is 9.04. The van der Waals surface area contributed by atoms with E-state index in [1.165, 1.54) is 37.8 Å². The molecule has 2 N–H and O–H groups in total. The molecule has 6 heteroatoms. The van der Waals surface area contributed by atoms with E-state index in [9.17, 15) is 0 Å². The highest BCUT2D eigenvalue weighted by molar-refractivity contribution is 14.0. The monoisotopic (exact) mass is 447 g/mol. The molecule has 1 aliphatic carbocycles. The van der Waals surface area contributed by atoms with Crippen LogP contribution in [-0.4, -0.2) is 35.9 Å². The summed E-state index contributed by atoms with van der Waals surface area (Å²) in [6, 6.07) is 2.12. The van der Waals surface area contributed by atoms with Crippen molar-refractivity contribution in [3.8, 4) is 0 Å². The Labute approximate surface area is 164 Å². The van der Waals surface area contributed by atoms with E-state index < -0.39 is 0 Å². The van der Waals surface area contributed by atoms with Crippen molar-refractivity contribution in [3.63, 3.8) is 0 Å². The first-order valence-corrected chi connectivity index (χ1v) is 9.04. The van der Waals surface area contributed by atoms with Crippen molar-refractivity contribution >= 4 is 29.9 Å². The Morgan fingerprint density at radius 1 is 1.29 bits per heavy atom. The van der Waals surface area contributed by atoms with Crippen LogP contribution in [0.15, 0.2) is 11.1 Å². The van der Waals surface area contributed by atoms with Crippen LogP contribution in [0, 0.1) is 19.3 Å². The van der Waals surface area contributed by atoms with Crippen molar-refractivity contribution in [2.75, 3.05) is 20.1 Å². The molecule has 1 heterocycles. The lowest BCUT2D eigenvalue weighted by Gasteiger charge is -2.28. The summed E-state index contributed by atoms with van der Waals surface area (Å²) >= 11 is 0. The molecule has 138 valence electrons. The third kappa shape index (κ3) is 5.93. The minimum absolute atomic E-state index is 0. The smallest absolute Gasteiger partial charge is 0.190 e. The van der Waals surface area contributed by atoms with E-state index in [2.05, 4.69) is 45.3 Å². The third-order valence-electron chi connectivity index (χ3n) is 5.21. The lowest BCUT2D eigenvalue weighted by atomic mass is 9.83. The fourth-order valence-electron chi connectivity index (χ4n) is 3.61. The molecule has 5 nitrogen and oxygen atoms in total. The second-order valence-electron chi connectivity index (χ2n) is 6.92. The number of aliphatic imine (C=N–C) groups is 1. The summed E-state index contributed by atoms with van der Waals surface area (Å²) in [5.74, 6) is 0.929. The van der Waals surface area contributed by atoms with Gasteiger partial charge in [-0.2, -0.15) is 5.10 Å². The van der Waals surface area contributed by atoms with E-state index in [1.807, 2.05) is 14.0 Å². The SMILES string of the molecule is CCC1(CNC(=NC)NCCCn2nc(C)cc2C)CCCC1.I. The van der Waals surface area contributed by atoms with E-state index in [-0.39, 0.29) is 24.0 Å². The molecule has 0 aliphatic heterocycles. The number of aromatic nitrogens is 2. The van der Waals surface area contributed by atoms with Crippen LogP contribution in [0.1, 0.15) is 56.8 Å². The quantitative estimate of drug-likeness (QED) is 0.291. The standard InChI is InChI=1S/C18H33N5.HI/c1-5-18(9-6-7-10-18)14-21-17(19-4)20-11-8-12-23-16(3)13-15(2)22-23;/h13H,5-12,14H2,1-4H3,(H2,19,20,21);1H. The molecule has 0 amide bonds. The molecule has 0 unspecified atom stereocenters. The maximum atomic E-state index is 4.50. The van der Waals surface area contributed by atoms with E-state index >= 15 is 0 Å². The number of nitrogens with zero attached hydrogens (tertiary/aromatic N) is 3.